The van der Waals surface area contributed by atoms with E-state index in [2.05, 4.69) is 12.2 Å². The monoisotopic (exact) mass is 241 g/mol. The summed E-state index contributed by atoms with van der Waals surface area (Å²) in [6.07, 6.45) is 4.75. The minimum atomic E-state index is -1.33. The van der Waals surface area contributed by atoms with Gasteiger partial charge in [0.1, 0.15) is 5.41 Å². The highest BCUT2D eigenvalue weighted by molar-refractivity contribution is 6.00. The Bertz CT molecular complexity index is 299. The van der Waals surface area contributed by atoms with Crippen molar-refractivity contribution in [1.82, 2.24) is 5.32 Å². The van der Waals surface area contributed by atoms with Crippen LogP contribution in [0.4, 0.5) is 0 Å². The number of amides is 1. The fourth-order valence-electron chi connectivity index (χ4n) is 2.30. The fraction of sp³-hybridized carbons (Fsp3) is 0.846. The number of aliphatic carboxylic acids is 1. The molecular weight excluding hydrogens is 218 g/mol. The van der Waals surface area contributed by atoms with Crippen molar-refractivity contribution in [2.75, 3.05) is 6.54 Å². The number of carboxylic acid groups (broad SMARTS) is 1. The molecule has 1 aliphatic carbocycles. The highest BCUT2D eigenvalue weighted by Crippen LogP contribution is 2.28. The predicted octanol–water partition coefficient (Wildman–Crippen LogP) is 2.04. The van der Waals surface area contributed by atoms with Crippen LogP contribution >= 0.6 is 0 Å². The minimum absolute atomic E-state index is 0.386. The van der Waals surface area contributed by atoms with Crippen molar-refractivity contribution in [3.8, 4) is 0 Å². The van der Waals surface area contributed by atoms with E-state index in [9.17, 15) is 9.59 Å². The summed E-state index contributed by atoms with van der Waals surface area (Å²) in [6, 6.07) is 0. The Morgan fingerprint density at radius 2 is 2.00 bits per heavy atom. The van der Waals surface area contributed by atoms with Crippen LogP contribution in [0, 0.1) is 17.3 Å². The molecule has 4 heteroatoms. The van der Waals surface area contributed by atoms with Crippen LogP contribution in [0.2, 0.25) is 0 Å². The Morgan fingerprint density at radius 1 is 1.35 bits per heavy atom. The van der Waals surface area contributed by atoms with Crippen LogP contribution in [-0.4, -0.2) is 23.5 Å². The molecule has 17 heavy (non-hydrogen) atoms. The molecule has 0 spiro atoms. The Hall–Kier alpha value is -1.06. The highest BCUT2D eigenvalue weighted by atomic mass is 16.4. The number of carbonyl (C=O) groups is 2. The third-order valence-electron chi connectivity index (χ3n) is 3.70. The molecule has 0 radical (unpaired) electrons. The van der Waals surface area contributed by atoms with E-state index in [1.54, 1.807) is 0 Å². The molecule has 1 rings (SSSR count). The number of carboxylic acids is 1. The van der Waals surface area contributed by atoms with Gasteiger partial charge in [-0.1, -0.05) is 19.8 Å². The SMILES string of the molecule is CC1CCCC(CNC(=O)C(C)(C)C(=O)O)C1. The normalized spacial score (nSPS) is 25.4. The summed E-state index contributed by atoms with van der Waals surface area (Å²) < 4.78 is 0. The molecule has 1 fully saturated rings. The van der Waals surface area contributed by atoms with Gasteiger partial charge in [0.2, 0.25) is 5.91 Å². The van der Waals surface area contributed by atoms with Crippen LogP contribution in [-0.2, 0) is 9.59 Å². The number of nitrogens with one attached hydrogen (secondary N) is 1. The van der Waals surface area contributed by atoms with Gasteiger partial charge in [-0.3, -0.25) is 9.59 Å². The number of carbonyl (C=O) groups excluding carboxylic acids is 1. The van der Waals surface area contributed by atoms with Gasteiger partial charge in [0.25, 0.3) is 0 Å². The van der Waals surface area contributed by atoms with Gasteiger partial charge in [-0.2, -0.15) is 0 Å². The van der Waals surface area contributed by atoms with E-state index in [1.807, 2.05) is 0 Å². The van der Waals surface area contributed by atoms with Crippen molar-refractivity contribution in [3.63, 3.8) is 0 Å². The zero-order valence-electron chi connectivity index (χ0n) is 11.0. The van der Waals surface area contributed by atoms with Crippen LogP contribution in [0.5, 0.6) is 0 Å². The third-order valence-corrected chi connectivity index (χ3v) is 3.70. The molecule has 1 saturated carbocycles. The van der Waals surface area contributed by atoms with Crippen LogP contribution in [0.3, 0.4) is 0 Å². The molecule has 0 aliphatic heterocycles. The summed E-state index contributed by atoms with van der Waals surface area (Å²) in [6.45, 7) is 5.72. The average molecular weight is 241 g/mol. The van der Waals surface area contributed by atoms with E-state index >= 15 is 0 Å². The minimum Gasteiger partial charge on any atom is -0.480 e. The quantitative estimate of drug-likeness (QED) is 0.740. The molecule has 2 unspecified atom stereocenters. The van der Waals surface area contributed by atoms with Gasteiger partial charge in [0.05, 0.1) is 0 Å². The lowest BCUT2D eigenvalue weighted by Crippen LogP contribution is -2.44. The van der Waals surface area contributed by atoms with Gasteiger partial charge in [-0.05, 0) is 38.5 Å². The second-order valence-corrected chi connectivity index (χ2v) is 5.78. The van der Waals surface area contributed by atoms with E-state index in [4.69, 9.17) is 5.11 Å². The summed E-state index contributed by atoms with van der Waals surface area (Å²) in [5, 5.41) is 11.7. The maximum absolute atomic E-state index is 11.7. The lowest BCUT2D eigenvalue weighted by molar-refractivity contribution is -0.153. The number of rotatable bonds is 4. The lowest BCUT2D eigenvalue weighted by atomic mass is 9.82. The Morgan fingerprint density at radius 3 is 2.53 bits per heavy atom. The molecule has 0 heterocycles. The van der Waals surface area contributed by atoms with Crippen molar-refractivity contribution < 1.29 is 14.7 Å². The molecule has 1 aliphatic rings. The molecule has 1 amide bonds. The van der Waals surface area contributed by atoms with Crippen molar-refractivity contribution in [2.45, 2.75) is 46.5 Å². The summed E-state index contributed by atoms with van der Waals surface area (Å²) in [5.41, 5.74) is -1.33. The van der Waals surface area contributed by atoms with Crippen molar-refractivity contribution in [1.29, 1.82) is 0 Å². The Kier molecular flexibility index (Phi) is 4.54. The first-order valence-corrected chi connectivity index (χ1v) is 6.35. The van der Waals surface area contributed by atoms with Crippen LogP contribution in [0.15, 0.2) is 0 Å². The largest absolute Gasteiger partial charge is 0.480 e. The van der Waals surface area contributed by atoms with Crippen molar-refractivity contribution >= 4 is 11.9 Å². The summed E-state index contributed by atoms with van der Waals surface area (Å²) in [5.74, 6) is -0.235. The van der Waals surface area contributed by atoms with Crippen LogP contribution in [0.1, 0.15) is 46.5 Å². The van der Waals surface area contributed by atoms with E-state index in [-0.39, 0.29) is 5.91 Å². The molecule has 0 bridgehead atoms. The zero-order chi connectivity index (χ0) is 13.1. The number of hydrogen-bond donors (Lipinski definition) is 2. The van der Waals surface area contributed by atoms with Gasteiger partial charge < -0.3 is 10.4 Å². The molecule has 0 aromatic rings. The van der Waals surface area contributed by atoms with Gasteiger partial charge in [-0.15, -0.1) is 0 Å². The fourth-order valence-corrected chi connectivity index (χ4v) is 2.30. The zero-order valence-corrected chi connectivity index (χ0v) is 11.0. The summed E-state index contributed by atoms with van der Waals surface area (Å²) >= 11 is 0. The highest BCUT2D eigenvalue weighted by Gasteiger charge is 2.36. The van der Waals surface area contributed by atoms with Gasteiger partial charge >= 0.3 is 5.97 Å². The first-order valence-electron chi connectivity index (χ1n) is 6.35. The second kappa shape index (κ2) is 5.52. The van der Waals surface area contributed by atoms with E-state index in [0.29, 0.717) is 12.5 Å². The standard InChI is InChI=1S/C13H23NO3/c1-9-5-4-6-10(7-9)8-14-11(15)13(2,3)12(16)17/h9-10H,4-8H2,1-3H3,(H,14,15)(H,16,17). The van der Waals surface area contributed by atoms with Crippen molar-refractivity contribution in [2.24, 2.45) is 17.3 Å². The van der Waals surface area contributed by atoms with E-state index < -0.39 is 11.4 Å². The number of hydrogen-bond acceptors (Lipinski definition) is 2. The molecule has 0 aromatic heterocycles. The van der Waals surface area contributed by atoms with Gasteiger partial charge in [-0.25, -0.2) is 0 Å². The van der Waals surface area contributed by atoms with Gasteiger partial charge in [0, 0.05) is 6.54 Å². The van der Waals surface area contributed by atoms with Crippen molar-refractivity contribution in [3.05, 3.63) is 0 Å². The third kappa shape index (κ3) is 3.72. The molecular formula is C13H23NO3. The smallest absolute Gasteiger partial charge is 0.318 e. The van der Waals surface area contributed by atoms with Crippen LogP contribution < -0.4 is 5.32 Å². The summed E-state index contributed by atoms with van der Waals surface area (Å²) in [4.78, 5) is 22.6. The molecule has 2 N–H and O–H groups in total. The topological polar surface area (TPSA) is 66.4 Å². The molecule has 4 nitrogen and oxygen atoms in total. The molecule has 0 saturated heterocycles. The van der Waals surface area contributed by atoms with E-state index in [1.165, 1.54) is 26.7 Å². The van der Waals surface area contributed by atoms with E-state index in [0.717, 1.165) is 18.8 Å². The van der Waals surface area contributed by atoms with Crippen LogP contribution in [0.25, 0.3) is 0 Å². The average Bonchev–Trinajstić information content (AvgIpc) is 2.25. The maximum Gasteiger partial charge on any atom is 0.318 e. The molecule has 98 valence electrons. The predicted molar refractivity (Wildman–Crippen MR) is 65.5 cm³/mol. The Balaban J connectivity index is 2.40. The lowest BCUT2D eigenvalue weighted by Gasteiger charge is -2.28. The molecule has 0 aromatic carbocycles. The van der Waals surface area contributed by atoms with Gasteiger partial charge in [0.15, 0.2) is 0 Å². The first-order chi connectivity index (χ1) is 7.84. The maximum atomic E-state index is 11.7. The second-order valence-electron chi connectivity index (χ2n) is 5.78. The Labute approximate surface area is 103 Å². The summed E-state index contributed by atoms with van der Waals surface area (Å²) in [7, 11) is 0. The first kappa shape index (κ1) is 14.0. The molecule has 2 atom stereocenters.